The smallest absolute Gasteiger partial charge is 0.119 e. The Hall–Kier alpha value is -1.88. The van der Waals surface area contributed by atoms with E-state index in [4.69, 9.17) is 9.47 Å². The van der Waals surface area contributed by atoms with Crippen molar-refractivity contribution >= 4 is 0 Å². The standard InChI is InChI=1S/C25H35NO3/c1-3-4-8-17-29-23-13-11-22(12-14-23)25(2,27)24(21-9-6-5-7-10-21)20-26-15-18-28-19-16-26/h5-7,9-14,24,27H,3-4,8,15-20H2,1-2H3/t24-,25+/m1/s1. The van der Waals surface area contributed by atoms with Gasteiger partial charge in [0.25, 0.3) is 0 Å². The van der Waals surface area contributed by atoms with E-state index in [2.05, 4.69) is 24.0 Å². The highest BCUT2D eigenvalue weighted by molar-refractivity contribution is 5.35. The molecular formula is C25H35NO3. The minimum Gasteiger partial charge on any atom is -0.494 e. The zero-order valence-electron chi connectivity index (χ0n) is 17.8. The van der Waals surface area contributed by atoms with E-state index in [0.29, 0.717) is 0 Å². The molecule has 1 N–H and O–H groups in total. The second kappa shape index (κ2) is 10.8. The third-order valence-corrected chi connectivity index (χ3v) is 5.88. The van der Waals surface area contributed by atoms with E-state index in [1.807, 2.05) is 49.4 Å². The molecule has 29 heavy (non-hydrogen) atoms. The predicted molar refractivity (Wildman–Crippen MR) is 117 cm³/mol. The summed E-state index contributed by atoms with van der Waals surface area (Å²) in [4.78, 5) is 2.39. The van der Waals surface area contributed by atoms with Crippen molar-refractivity contribution in [1.82, 2.24) is 4.90 Å². The van der Waals surface area contributed by atoms with Gasteiger partial charge in [-0.1, -0.05) is 62.2 Å². The summed E-state index contributed by atoms with van der Waals surface area (Å²) in [6.07, 6.45) is 3.45. The van der Waals surface area contributed by atoms with Crippen LogP contribution in [-0.4, -0.2) is 49.5 Å². The lowest BCUT2D eigenvalue weighted by atomic mass is 9.78. The van der Waals surface area contributed by atoms with Gasteiger partial charge in [0.05, 0.1) is 25.4 Å². The molecule has 1 heterocycles. The Labute approximate surface area is 175 Å². The van der Waals surface area contributed by atoms with Crippen LogP contribution in [0.4, 0.5) is 0 Å². The Balaban J connectivity index is 1.76. The summed E-state index contributed by atoms with van der Waals surface area (Å²) >= 11 is 0. The maximum absolute atomic E-state index is 11.7. The van der Waals surface area contributed by atoms with Crippen molar-refractivity contribution in [3.8, 4) is 5.75 Å². The monoisotopic (exact) mass is 397 g/mol. The van der Waals surface area contributed by atoms with Crippen LogP contribution in [0.5, 0.6) is 5.75 Å². The number of rotatable bonds is 10. The number of aliphatic hydroxyl groups is 1. The van der Waals surface area contributed by atoms with E-state index in [-0.39, 0.29) is 5.92 Å². The lowest BCUT2D eigenvalue weighted by molar-refractivity contribution is -0.0107. The number of unbranched alkanes of at least 4 members (excludes halogenated alkanes) is 2. The van der Waals surface area contributed by atoms with Crippen molar-refractivity contribution in [2.24, 2.45) is 0 Å². The van der Waals surface area contributed by atoms with E-state index >= 15 is 0 Å². The van der Waals surface area contributed by atoms with Gasteiger partial charge in [0.15, 0.2) is 0 Å². The summed E-state index contributed by atoms with van der Waals surface area (Å²) in [6.45, 7) is 9.00. The lowest BCUT2D eigenvalue weighted by Crippen LogP contribution is -2.43. The Morgan fingerprint density at radius 3 is 2.38 bits per heavy atom. The Bertz CT molecular complexity index is 709. The summed E-state index contributed by atoms with van der Waals surface area (Å²) in [5.74, 6) is 0.836. The highest BCUT2D eigenvalue weighted by Crippen LogP contribution is 2.38. The molecule has 2 aromatic rings. The first-order valence-electron chi connectivity index (χ1n) is 10.9. The van der Waals surface area contributed by atoms with E-state index in [1.165, 1.54) is 12.8 Å². The third kappa shape index (κ3) is 6.05. The van der Waals surface area contributed by atoms with Crippen LogP contribution in [0, 0.1) is 0 Å². The molecule has 0 radical (unpaired) electrons. The Morgan fingerprint density at radius 2 is 1.72 bits per heavy atom. The average molecular weight is 398 g/mol. The molecule has 0 bridgehead atoms. The van der Waals surface area contributed by atoms with Gasteiger partial charge in [-0.25, -0.2) is 0 Å². The minimum atomic E-state index is -0.986. The zero-order valence-corrected chi connectivity index (χ0v) is 17.8. The highest BCUT2D eigenvalue weighted by atomic mass is 16.5. The van der Waals surface area contributed by atoms with E-state index < -0.39 is 5.60 Å². The van der Waals surface area contributed by atoms with E-state index in [9.17, 15) is 5.11 Å². The molecule has 0 amide bonds. The van der Waals surface area contributed by atoms with Crippen molar-refractivity contribution in [2.75, 3.05) is 39.5 Å². The van der Waals surface area contributed by atoms with E-state index in [1.54, 1.807) is 0 Å². The fraction of sp³-hybridized carbons (Fsp3) is 0.520. The normalized spacial score (nSPS) is 18.2. The number of nitrogens with zero attached hydrogens (tertiary/aromatic N) is 1. The lowest BCUT2D eigenvalue weighted by Gasteiger charge is -2.38. The van der Waals surface area contributed by atoms with Gasteiger partial charge in [0.2, 0.25) is 0 Å². The maximum Gasteiger partial charge on any atom is 0.119 e. The van der Waals surface area contributed by atoms with Gasteiger partial charge >= 0.3 is 0 Å². The van der Waals surface area contributed by atoms with Crippen molar-refractivity contribution in [2.45, 2.75) is 44.6 Å². The van der Waals surface area contributed by atoms with Gasteiger partial charge in [0.1, 0.15) is 5.75 Å². The van der Waals surface area contributed by atoms with Crippen LogP contribution in [0.2, 0.25) is 0 Å². The van der Waals surface area contributed by atoms with Gasteiger partial charge in [-0.05, 0) is 36.6 Å². The first-order chi connectivity index (χ1) is 14.1. The molecule has 2 aromatic carbocycles. The second-order valence-electron chi connectivity index (χ2n) is 8.10. The van der Waals surface area contributed by atoms with Crippen LogP contribution in [0.3, 0.4) is 0 Å². The number of hydrogen-bond acceptors (Lipinski definition) is 4. The first kappa shape index (κ1) is 21.8. The molecule has 0 aromatic heterocycles. The predicted octanol–water partition coefficient (Wildman–Crippen LogP) is 4.58. The quantitative estimate of drug-likeness (QED) is 0.596. The van der Waals surface area contributed by atoms with Crippen LogP contribution in [0.15, 0.2) is 54.6 Å². The van der Waals surface area contributed by atoms with Crippen molar-refractivity contribution in [3.63, 3.8) is 0 Å². The molecular weight excluding hydrogens is 362 g/mol. The SMILES string of the molecule is CCCCCOc1ccc([C@](C)(O)[C@H](CN2CCOCC2)c2ccccc2)cc1. The van der Waals surface area contributed by atoms with Crippen molar-refractivity contribution < 1.29 is 14.6 Å². The van der Waals surface area contributed by atoms with E-state index in [0.717, 1.165) is 62.8 Å². The number of morpholine rings is 1. The van der Waals surface area contributed by atoms with Crippen LogP contribution < -0.4 is 4.74 Å². The molecule has 0 aliphatic carbocycles. The highest BCUT2D eigenvalue weighted by Gasteiger charge is 2.36. The average Bonchev–Trinajstić information content (AvgIpc) is 2.77. The zero-order chi connectivity index (χ0) is 20.5. The summed E-state index contributed by atoms with van der Waals surface area (Å²) in [5.41, 5.74) is 1.09. The molecule has 4 nitrogen and oxygen atoms in total. The van der Waals surface area contributed by atoms with Gasteiger partial charge in [-0.3, -0.25) is 4.90 Å². The molecule has 1 aliphatic heterocycles. The van der Waals surface area contributed by atoms with Gasteiger partial charge in [-0.15, -0.1) is 0 Å². The molecule has 158 valence electrons. The second-order valence-corrected chi connectivity index (χ2v) is 8.10. The molecule has 4 heteroatoms. The molecule has 0 saturated carbocycles. The molecule has 1 saturated heterocycles. The van der Waals surface area contributed by atoms with Crippen LogP contribution >= 0.6 is 0 Å². The molecule has 1 fully saturated rings. The topological polar surface area (TPSA) is 41.9 Å². The maximum atomic E-state index is 11.7. The van der Waals surface area contributed by atoms with Crippen molar-refractivity contribution in [3.05, 3.63) is 65.7 Å². The number of ether oxygens (including phenoxy) is 2. The summed E-state index contributed by atoms with van der Waals surface area (Å²) in [5, 5.41) is 11.7. The fourth-order valence-electron chi connectivity index (χ4n) is 3.97. The number of hydrogen-bond donors (Lipinski definition) is 1. The van der Waals surface area contributed by atoms with Gasteiger partial charge in [-0.2, -0.15) is 0 Å². The molecule has 3 rings (SSSR count). The molecule has 0 unspecified atom stereocenters. The van der Waals surface area contributed by atoms with Crippen LogP contribution in [-0.2, 0) is 10.3 Å². The first-order valence-corrected chi connectivity index (χ1v) is 10.9. The number of benzene rings is 2. The largest absolute Gasteiger partial charge is 0.494 e. The minimum absolute atomic E-state index is 0.0295. The van der Waals surface area contributed by atoms with Crippen LogP contribution in [0.25, 0.3) is 0 Å². The Morgan fingerprint density at radius 1 is 1.03 bits per heavy atom. The summed E-state index contributed by atoms with van der Waals surface area (Å²) < 4.78 is 11.3. The summed E-state index contributed by atoms with van der Waals surface area (Å²) in [7, 11) is 0. The fourth-order valence-corrected chi connectivity index (χ4v) is 3.97. The third-order valence-electron chi connectivity index (χ3n) is 5.88. The van der Waals surface area contributed by atoms with Crippen molar-refractivity contribution in [1.29, 1.82) is 0 Å². The summed E-state index contributed by atoms with van der Waals surface area (Å²) in [6, 6.07) is 18.3. The van der Waals surface area contributed by atoms with Gasteiger partial charge < -0.3 is 14.6 Å². The van der Waals surface area contributed by atoms with Gasteiger partial charge in [0, 0.05) is 25.6 Å². The van der Waals surface area contributed by atoms with Crippen LogP contribution in [0.1, 0.15) is 50.2 Å². The molecule has 0 spiro atoms. The Kier molecular flexibility index (Phi) is 8.10. The molecule has 2 atom stereocenters. The molecule has 1 aliphatic rings.